The zero-order valence-electron chi connectivity index (χ0n) is 10.8. The van der Waals surface area contributed by atoms with Gasteiger partial charge in [-0.3, -0.25) is 0 Å². The highest BCUT2D eigenvalue weighted by Crippen LogP contribution is 2.27. The van der Waals surface area contributed by atoms with E-state index in [1.807, 2.05) is 0 Å². The van der Waals surface area contributed by atoms with E-state index in [0.717, 1.165) is 6.42 Å². The maximum atomic E-state index is 6.31. The zero-order valence-corrected chi connectivity index (χ0v) is 13.9. The molecule has 0 aromatic carbocycles. The van der Waals surface area contributed by atoms with Crippen LogP contribution in [0.1, 0.15) is 39.5 Å². The van der Waals surface area contributed by atoms with Crippen molar-refractivity contribution in [2.75, 3.05) is 0 Å². The van der Waals surface area contributed by atoms with Gasteiger partial charge in [0.1, 0.15) is 0 Å². The molecule has 0 N–H and O–H groups in total. The molecule has 0 rings (SSSR count). The zero-order chi connectivity index (χ0) is 11.9. The monoisotopic (exact) mass is 340 g/mol. The standard InChI is InChI=1S/C12H25IOSi/c1-6-7-9-12(2,10-8-11-13)14-15(3,4)5/h8,11H,6-7,9-10H2,1-5H3. The highest BCUT2D eigenvalue weighted by Gasteiger charge is 2.29. The summed E-state index contributed by atoms with van der Waals surface area (Å²) in [6, 6.07) is 0. The molecule has 0 aromatic rings. The maximum absolute atomic E-state index is 6.31. The molecule has 0 radical (unpaired) electrons. The summed E-state index contributed by atoms with van der Waals surface area (Å²) in [7, 11) is -1.43. The average Bonchev–Trinajstić information content (AvgIpc) is 2.09. The van der Waals surface area contributed by atoms with E-state index in [9.17, 15) is 0 Å². The van der Waals surface area contributed by atoms with Crippen molar-refractivity contribution in [3.8, 4) is 0 Å². The summed E-state index contributed by atoms with van der Waals surface area (Å²) in [6.07, 6.45) is 6.94. The molecular weight excluding hydrogens is 315 g/mol. The van der Waals surface area contributed by atoms with E-state index < -0.39 is 8.32 Å². The van der Waals surface area contributed by atoms with Gasteiger partial charge < -0.3 is 4.43 Å². The lowest BCUT2D eigenvalue weighted by molar-refractivity contribution is 0.0716. The molecule has 0 aliphatic rings. The lowest BCUT2D eigenvalue weighted by atomic mass is 9.96. The van der Waals surface area contributed by atoms with Crippen LogP contribution in [0.15, 0.2) is 10.2 Å². The molecule has 0 aliphatic heterocycles. The highest BCUT2D eigenvalue weighted by molar-refractivity contribution is 14.1. The molecule has 1 atom stereocenters. The minimum absolute atomic E-state index is 0.0577. The molecule has 0 spiro atoms. The smallest absolute Gasteiger partial charge is 0.184 e. The van der Waals surface area contributed by atoms with Gasteiger partial charge in [0, 0.05) is 0 Å². The first-order chi connectivity index (χ1) is 6.83. The van der Waals surface area contributed by atoms with Crippen LogP contribution in [0.4, 0.5) is 0 Å². The number of rotatable bonds is 7. The Morgan fingerprint density at radius 2 is 1.93 bits per heavy atom. The molecule has 1 nitrogen and oxygen atoms in total. The fourth-order valence-electron chi connectivity index (χ4n) is 1.78. The van der Waals surface area contributed by atoms with Crippen molar-refractivity contribution in [2.45, 2.75) is 64.8 Å². The van der Waals surface area contributed by atoms with Crippen molar-refractivity contribution in [3.05, 3.63) is 10.2 Å². The minimum atomic E-state index is -1.43. The maximum Gasteiger partial charge on any atom is 0.184 e. The van der Waals surface area contributed by atoms with E-state index in [2.05, 4.69) is 66.2 Å². The second-order valence-electron chi connectivity index (χ2n) is 5.33. The third-order valence-electron chi connectivity index (χ3n) is 2.25. The normalized spacial score (nSPS) is 16.9. The van der Waals surface area contributed by atoms with E-state index in [1.165, 1.54) is 19.3 Å². The van der Waals surface area contributed by atoms with Crippen LogP contribution in [-0.2, 0) is 4.43 Å². The number of hydrogen-bond donors (Lipinski definition) is 0. The molecule has 3 heteroatoms. The fraction of sp³-hybridized carbons (Fsp3) is 0.833. The highest BCUT2D eigenvalue weighted by atomic mass is 127. The summed E-state index contributed by atoms with van der Waals surface area (Å²) in [5.74, 6) is 0. The Bertz CT molecular complexity index is 198. The molecule has 0 aromatic heterocycles. The van der Waals surface area contributed by atoms with Crippen molar-refractivity contribution < 1.29 is 4.43 Å². The van der Waals surface area contributed by atoms with Gasteiger partial charge in [0.2, 0.25) is 0 Å². The molecule has 0 fully saturated rings. The van der Waals surface area contributed by atoms with Crippen LogP contribution in [0.2, 0.25) is 19.6 Å². The summed E-state index contributed by atoms with van der Waals surface area (Å²) >= 11 is 2.28. The second kappa shape index (κ2) is 7.07. The van der Waals surface area contributed by atoms with Crippen LogP contribution in [0, 0.1) is 0 Å². The Balaban J connectivity index is 4.39. The van der Waals surface area contributed by atoms with Gasteiger partial charge in [-0.15, -0.1) is 0 Å². The second-order valence-corrected chi connectivity index (χ2v) is 10.5. The van der Waals surface area contributed by atoms with Gasteiger partial charge >= 0.3 is 0 Å². The van der Waals surface area contributed by atoms with Gasteiger partial charge in [0.05, 0.1) is 5.60 Å². The summed E-state index contributed by atoms with van der Waals surface area (Å²) in [5, 5.41) is 0. The summed E-state index contributed by atoms with van der Waals surface area (Å²) in [6.45, 7) is 11.3. The average molecular weight is 340 g/mol. The van der Waals surface area contributed by atoms with Gasteiger partial charge in [-0.2, -0.15) is 0 Å². The van der Waals surface area contributed by atoms with E-state index in [4.69, 9.17) is 4.43 Å². The van der Waals surface area contributed by atoms with Crippen LogP contribution in [0.5, 0.6) is 0 Å². The first-order valence-electron chi connectivity index (χ1n) is 5.78. The Morgan fingerprint density at radius 3 is 2.33 bits per heavy atom. The summed E-state index contributed by atoms with van der Waals surface area (Å²) < 4.78 is 8.41. The quantitative estimate of drug-likeness (QED) is 0.461. The lowest BCUT2D eigenvalue weighted by Gasteiger charge is -2.36. The lowest BCUT2D eigenvalue weighted by Crippen LogP contribution is -2.40. The predicted octanol–water partition coefficient (Wildman–Crippen LogP) is 5.13. The molecule has 0 amide bonds. The Labute approximate surface area is 110 Å². The molecule has 0 saturated carbocycles. The van der Waals surface area contributed by atoms with Crippen molar-refractivity contribution >= 4 is 30.9 Å². The van der Waals surface area contributed by atoms with Gasteiger partial charge in [0.15, 0.2) is 8.32 Å². The topological polar surface area (TPSA) is 9.23 Å². The number of hydrogen-bond acceptors (Lipinski definition) is 1. The van der Waals surface area contributed by atoms with Gasteiger partial charge in [-0.25, -0.2) is 0 Å². The van der Waals surface area contributed by atoms with Crippen molar-refractivity contribution in [2.24, 2.45) is 0 Å². The molecule has 90 valence electrons. The summed E-state index contributed by atoms with van der Waals surface area (Å²) in [5.41, 5.74) is 0.0577. The first kappa shape index (κ1) is 15.6. The van der Waals surface area contributed by atoms with Crippen LogP contribution < -0.4 is 0 Å². The predicted molar refractivity (Wildman–Crippen MR) is 80.1 cm³/mol. The fourth-order valence-corrected chi connectivity index (χ4v) is 3.70. The van der Waals surface area contributed by atoms with Crippen LogP contribution in [0.3, 0.4) is 0 Å². The number of unbranched alkanes of at least 4 members (excludes halogenated alkanes) is 1. The first-order valence-corrected chi connectivity index (χ1v) is 10.4. The van der Waals surface area contributed by atoms with Crippen LogP contribution >= 0.6 is 22.6 Å². The van der Waals surface area contributed by atoms with Crippen molar-refractivity contribution in [3.63, 3.8) is 0 Å². The molecule has 0 heterocycles. The molecular formula is C12H25IOSi. The third kappa shape index (κ3) is 8.45. The Morgan fingerprint density at radius 1 is 1.33 bits per heavy atom. The van der Waals surface area contributed by atoms with E-state index in [0.29, 0.717) is 0 Å². The minimum Gasteiger partial charge on any atom is -0.412 e. The Kier molecular flexibility index (Phi) is 7.37. The van der Waals surface area contributed by atoms with Crippen molar-refractivity contribution in [1.29, 1.82) is 0 Å². The molecule has 0 bridgehead atoms. The molecule has 15 heavy (non-hydrogen) atoms. The van der Waals surface area contributed by atoms with E-state index in [1.54, 1.807) is 0 Å². The van der Waals surface area contributed by atoms with Gasteiger partial charge in [-0.1, -0.05) is 48.4 Å². The van der Waals surface area contributed by atoms with Crippen LogP contribution in [0.25, 0.3) is 0 Å². The number of halogens is 1. The van der Waals surface area contributed by atoms with Crippen molar-refractivity contribution in [1.82, 2.24) is 0 Å². The SMILES string of the molecule is CCCCC(C)(CC=CI)O[Si](C)(C)C. The van der Waals surface area contributed by atoms with E-state index in [-0.39, 0.29) is 5.60 Å². The van der Waals surface area contributed by atoms with E-state index >= 15 is 0 Å². The van der Waals surface area contributed by atoms with Gasteiger partial charge in [0.25, 0.3) is 0 Å². The molecule has 1 unspecified atom stereocenters. The Hall–Kier alpha value is 0.647. The summed E-state index contributed by atoms with van der Waals surface area (Å²) in [4.78, 5) is 0. The largest absolute Gasteiger partial charge is 0.412 e. The van der Waals surface area contributed by atoms with Crippen LogP contribution in [-0.4, -0.2) is 13.9 Å². The molecule has 0 saturated heterocycles. The molecule has 0 aliphatic carbocycles. The third-order valence-corrected chi connectivity index (χ3v) is 3.86. The van der Waals surface area contributed by atoms with Gasteiger partial charge in [-0.05, 0) is 43.5 Å².